The maximum Gasteiger partial charge on any atom is 0.258 e. The van der Waals surface area contributed by atoms with Crippen LogP contribution in [0.15, 0.2) is 21.6 Å². The van der Waals surface area contributed by atoms with Crippen LogP contribution in [0.5, 0.6) is 0 Å². The first-order chi connectivity index (χ1) is 12.2. The van der Waals surface area contributed by atoms with Crippen molar-refractivity contribution in [1.29, 1.82) is 0 Å². The van der Waals surface area contributed by atoms with Gasteiger partial charge in [-0.15, -0.1) is 0 Å². The number of rotatable bonds is 4. The summed E-state index contributed by atoms with van der Waals surface area (Å²) >= 11 is 0. The lowest BCUT2D eigenvalue weighted by Crippen LogP contribution is -2.44. The fourth-order valence-electron chi connectivity index (χ4n) is 3.00. The minimum absolute atomic E-state index is 0.0396. The van der Waals surface area contributed by atoms with Crippen LogP contribution < -0.4 is 5.32 Å². The Morgan fingerprint density at radius 1 is 1.31 bits per heavy atom. The van der Waals surface area contributed by atoms with Gasteiger partial charge in [0.1, 0.15) is 0 Å². The van der Waals surface area contributed by atoms with Crippen molar-refractivity contribution in [2.45, 2.75) is 24.8 Å². The molecule has 0 saturated carbocycles. The van der Waals surface area contributed by atoms with E-state index in [2.05, 4.69) is 20.4 Å². The summed E-state index contributed by atoms with van der Waals surface area (Å²) in [6.45, 7) is 6.27. The molecule has 1 aromatic heterocycles. The third-order valence-corrected chi connectivity index (χ3v) is 6.82. The van der Waals surface area contributed by atoms with Crippen LogP contribution in [0.1, 0.15) is 23.0 Å². The number of nitrogens with zero attached hydrogens (tertiary/aromatic N) is 4. The van der Waals surface area contributed by atoms with Crippen molar-refractivity contribution in [3.63, 3.8) is 0 Å². The zero-order chi connectivity index (χ0) is 19.1. The molecule has 0 amide bonds. The summed E-state index contributed by atoms with van der Waals surface area (Å²) in [5.74, 6) is 0.933. The minimum Gasteiger partial charge on any atom is -0.334 e. The number of hydrogen-bond acceptors (Lipinski definition) is 7. The zero-order valence-electron chi connectivity index (χ0n) is 15.8. The third kappa shape index (κ3) is 3.39. The Labute approximate surface area is 154 Å². The smallest absolute Gasteiger partial charge is 0.258 e. The fraction of sp³-hybridized carbons (Fsp3) is 0.529. The first-order valence-electron chi connectivity index (χ1n) is 8.50. The van der Waals surface area contributed by atoms with E-state index in [-0.39, 0.29) is 10.9 Å². The molecular weight excluding hydrogens is 354 g/mol. The van der Waals surface area contributed by atoms with Gasteiger partial charge in [0.15, 0.2) is 5.82 Å². The Hall–Kier alpha value is -1.81. The molecule has 2 heterocycles. The Morgan fingerprint density at radius 2 is 2.04 bits per heavy atom. The molecule has 0 spiro atoms. The molecule has 142 valence electrons. The van der Waals surface area contributed by atoms with Crippen molar-refractivity contribution >= 4 is 10.0 Å². The molecule has 1 fully saturated rings. The summed E-state index contributed by atoms with van der Waals surface area (Å²) < 4.78 is 31.9. The Kier molecular flexibility index (Phi) is 5.16. The van der Waals surface area contributed by atoms with Crippen LogP contribution in [0, 0.1) is 13.8 Å². The number of benzene rings is 1. The lowest BCUT2D eigenvalue weighted by molar-refractivity contribution is 0.190. The maximum atomic E-state index is 12.6. The number of nitrogens with one attached hydrogen (secondary N) is 1. The highest BCUT2D eigenvalue weighted by Gasteiger charge is 2.27. The summed E-state index contributed by atoms with van der Waals surface area (Å²) in [6.07, 6.45) is 0. The molecule has 1 atom stereocenters. The SMILES string of the molecule is Cc1cc(-c2nc(C3CNCCN3C)no2)cc(S(=O)(=O)N(C)C)c1C. The van der Waals surface area contributed by atoms with Gasteiger partial charge in [0.05, 0.1) is 10.9 Å². The van der Waals surface area contributed by atoms with E-state index in [1.807, 2.05) is 20.0 Å². The predicted molar refractivity (Wildman–Crippen MR) is 98.3 cm³/mol. The standard InChI is InChI=1S/C17H25N5O3S/c1-11-8-13(9-15(12(11)2)26(23,24)21(3)4)17-19-16(20-25-17)14-10-18-6-7-22(14)5/h8-9,14,18H,6-7,10H2,1-5H3. The molecule has 1 aliphatic rings. The van der Waals surface area contributed by atoms with Gasteiger partial charge >= 0.3 is 0 Å². The van der Waals surface area contributed by atoms with Gasteiger partial charge in [0.25, 0.3) is 5.89 Å². The van der Waals surface area contributed by atoms with Crippen LogP contribution in [-0.4, -0.2) is 68.5 Å². The summed E-state index contributed by atoms with van der Waals surface area (Å²) in [7, 11) is 1.51. The van der Waals surface area contributed by atoms with E-state index < -0.39 is 10.0 Å². The lowest BCUT2D eigenvalue weighted by Gasteiger charge is -2.30. The van der Waals surface area contributed by atoms with Crippen molar-refractivity contribution in [2.75, 3.05) is 40.8 Å². The normalized spacial score (nSPS) is 19.2. The average molecular weight is 379 g/mol. The van der Waals surface area contributed by atoms with Crippen LogP contribution in [-0.2, 0) is 10.0 Å². The minimum atomic E-state index is -3.56. The van der Waals surface area contributed by atoms with Crippen molar-refractivity contribution in [1.82, 2.24) is 24.7 Å². The Bertz CT molecular complexity index is 907. The van der Waals surface area contributed by atoms with Gasteiger partial charge in [0.2, 0.25) is 10.0 Å². The molecule has 0 bridgehead atoms. The van der Waals surface area contributed by atoms with Crippen LogP contribution in [0.25, 0.3) is 11.5 Å². The summed E-state index contributed by atoms with van der Waals surface area (Å²) in [4.78, 5) is 6.96. The summed E-state index contributed by atoms with van der Waals surface area (Å²) in [5, 5.41) is 7.44. The van der Waals surface area contributed by atoms with E-state index in [4.69, 9.17) is 4.52 Å². The Balaban J connectivity index is 2.02. The molecule has 2 aromatic rings. The first-order valence-corrected chi connectivity index (χ1v) is 9.94. The molecule has 9 heteroatoms. The number of hydrogen-bond donors (Lipinski definition) is 1. The van der Waals surface area contributed by atoms with Crippen LogP contribution >= 0.6 is 0 Å². The number of sulfonamides is 1. The van der Waals surface area contributed by atoms with Gasteiger partial charge in [-0.2, -0.15) is 4.98 Å². The van der Waals surface area contributed by atoms with Crippen LogP contribution in [0.2, 0.25) is 0 Å². The van der Waals surface area contributed by atoms with Gasteiger partial charge in [-0.05, 0) is 44.2 Å². The third-order valence-electron chi connectivity index (χ3n) is 4.88. The monoisotopic (exact) mass is 379 g/mol. The predicted octanol–water partition coefficient (Wildman–Crippen LogP) is 1.18. The van der Waals surface area contributed by atoms with E-state index in [1.165, 1.54) is 18.4 Å². The largest absolute Gasteiger partial charge is 0.334 e. The molecule has 1 aliphatic heterocycles. The molecular formula is C17H25N5O3S. The van der Waals surface area contributed by atoms with E-state index in [0.29, 0.717) is 17.3 Å². The first kappa shape index (κ1) is 19.0. The second-order valence-electron chi connectivity index (χ2n) is 6.86. The van der Waals surface area contributed by atoms with Gasteiger partial charge < -0.3 is 9.84 Å². The zero-order valence-corrected chi connectivity index (χ0v) is 16.6. The molecule has 0 aliphatic carbocycles. The quantitative estimate of drug-likeness (QED) is 0.853. The van der Waals surface area contributed by atoms with Gasteiger partial charge in [-0.3, -0.25) is 4.90 Å². The second-order valence-corrected chi connectivity index (χ2v) is 8.98. The summed E-state index contributed by atoms with van der Waals surface area (Å²) in [6, 6.07) is 3.53. The Morgan fingerprint density at radius 3 is 2.69 bits per heavy atom. The average Bonchev–Trinajstić information content (AvgIpc) is 3.07. The van der Waals surface area contributed by atoms with Crippen molar-refractivity contribution in [3.8, 4) is 11.5 Å². The molecule has 8 nitrogen and oxygen atoms in total. The van der Waals surface area contributed by atoms with Crippen molar-refractivity contribution in [2.24, 2.45) is 0 Å². The van der Waals surface area contributed by atoms with Crippen molar-refractivity contribution in [3.05, 3.63) is 29.1 Å². The number of aryl methyl sites for hydroxylation is 1. The van der Waals surface area contributed by atoms with Gasteiger partial charge in [-0.1, -0.05) is 5.16 Å². The number of likely N-dealkylation sites (N-methyl/N-ethyl adjacent to an activating group) is 1. The topological polar surface area (TPSA) is 91.6 Å². The molecule has 1 unspecified atom stereocenters. The van der Waals surface area contributed by atoms with Crippen LogP contribution in [0.3, 0.4) is 0 Å². The van der Waals surface area contributed by atoms with E-state index >= 15 is 0 Å². The van der Waals surface area contributed by atoms with Crippen molar-refractivity contribution < 1.29 is 12.9 Å². The molecule has 3 rings (SSSR count). The maximum absolute atomic E-state index is 12.6. The molecule has 26 heavy (non-hydrogen) atoms. The van der Waals surface area contributed by atoms with E-state index in [1.54, 1.807) is 13.0 Å². The molecule has 1 aromatic carbocycles. The fourth-order valence-corrected chi connectivity index (χ4v) is 4.21. The van der Waals surface area contributed by atoms with E-state index in [9.17, 15) is 8.42 Å². The highest BCUT2D eigenvalue weighted by molar-refractivity contribution is 7.89. The molecule has 1 N–H and O–H groups in total. The highest BCUT2D eigenvalue weighted by Crippen LogP contribution is 2.29. The molecule has 1 saturated heterocycles. The van der Waals surface area contributed by atoms with Gasteiger partial charge in [0, 0.05) is 39.3 Å². The number of aromatic nitrogens is 2. The summed E-state index contributed by atoms with van der Waals surface area (Å²) in [5.41, 5.74) is 2.19. The van der Waals surface area contributed by atoms with Crippen LogP contribution in [0.4, 0.5) is 0 Å². The van der Waals surface area contributed by atoms with Gasteiger partial charge in [-0.25, -0.2) is 12.7 Å². The van der Waals surface area contributed by atoms with E-state index in [0.717, 1.165) is 30.8 Å². The lowest BCUT2D eigenvalue weighted by atomic mass is 10.1. The molecule has 0 radical (unpaired) electrons. The second kappa shape index (κ2) is 7.07. The number of piperazine rings is 1. The highest BCUT2D eigenvalue weighted by atomic mass is 32.2.